The molecule has 0 heterocycles. The summed E-state index contributed by atoms with van der Waals surface area (Å²) < 4.78 is 5.61. The molecule has 0 radical (unpaired) electrons. The fraction of sp³-hybridized carbons (Fsp3) is 0.0526. The zero-order valence-corrected chi connectivity index (χ0v) is 12.7. The van der Waals surface area contributed by atoms with E-state index in [4.69, 9.17) is 9.84 Å². The first-order valence-electron chi connectivity index (χ1n) is 7.37. The van der Waals surface area contributed by atoms with Crippen molar-refractivity contribution in [3.63, 3.8) is 0 Å². The number of nitrogens with one attached hydrogen (secondary N) is 1. The number of carbonyl (C=O) groups is 2. The Morgan fingerprint density at radius 3 is 2.38 bits per heavy atom. The number of fused-ring (bicyclic) bond motifs is 1. The Morgan fingerprint density at radius 1 is 0.917 bits per heavy atom. The van der Waals surface area contributed by atoms with Crippen molar-refractivity contribution in [1.82, 2.24) is 0 Å². The number of amides is 1. The molecule has 24 heavy (non-hydrogen) atoms. The highest BCUT2D eigenvalue weighted by molar-refractivity contribution is 5.94. The number of hydrogen-bond acceptors (Lipinski definition) is 3. The number of rotatable bonds is 5. The van der Waals surface area contributed by atoms with E-state index in [-0.39, 0.29) is 18.1 Å². The van der Waals surface area contributed by atoms with Gasteiger partial charge in [-0.05, 0) is 35.7 Å². The van der Waals surface area contributed by atoms with Gasteiger partial charge in [0.25, 0.3) is 5.91 Å². The molecule has 0 saturated carbocycles. The Labute approximate surface area is 138 Å². The second kappa shape index (κ2) is 6.83. The topological polar surface area (TPSA) is 75.6 Å². The quantitative estimate of drug-likeness (QED) is 0.753. The third-order valence-electron chi connectivity index (χ3n) is 3.52. The lowest BCUT2D eigenvalue weighted by Gasteiger charge is -2.10. The first-order valence-corrected chi connectivity index (χ1v) is 7.37. The molecule has 3 aromatic carbocycles. The average Bonchev–Trinajstić information content (AvgIpc) is 2.60. The number of aromatic carboxylic acids is 1. The van der Waals surface area contributed by atoms with E-state index in [9.17, 15) is 9.59 Å². The van der Waals surface area contributed by atoms with Crippen LogP contribution in [0.15, 0.2) is 66.7 Å². The molecule has 1 amide bonds. The Balaban J connectivity index is 1.64. The van der Waals surface area contributed by atoms with E-state index in [0.29, 0.717) is 11.4 Å². The van der Waals surface area contributed by atoms with Gasteiger partial charge in [0, 0.05) is 11.1 Å². The number of hydrogen-bond donors (Lipinski definition) is 2. The van der Waals surface area contributed by atoms with Crippen molar-refractivity contribution < 1.29 is 19.4 Å². The van der Waals surface area contributed by atoms with Crippen LogP contribution in [0.3, 0.4) is 0 Å². The minimum Gasteiger partial charge on any atom is -0.483 e. The Hall–Kier alpha value is -3.34. The van der Waals surface area contributed by atoms with Crippen LogP contribution in [0.25, 0.3) is 10.8 Å². The number of carbonyl (C=O) groups excluding carboxylic acids is 1. The number of carboxylic acids is 1. The van der Waals surface area contributed by atoms with Crippen molar-refractivity contribution >= 4 is 28.3 Å². The van der Waals surface area contributed by atoms with Crippen LogP contribution in [-0.4, -0.2) is 23.6 Å². The highest BCUT2D eigenvalue weighted by atomic mass is 16.5. The minimum absolute atomic E-state index is 0.130. The van der Waals surface area contributed by atoms with Gasteiger partial charge >= 0.3 is 5.97 Å². The standard InChI is InChI=1S/C19H15NO4/c21-18(20-15-10-8-14(9-11-15)19(22)23)12-24-17-7-3-5-13-4-1-2-6-16(13)17/h1-11H,12H2,(H,20,21)(H,22,23). The van der Waals surface area contributed by atoms with Gasteiger partial charge in [-0.2, -0.15) is 0 Å². The molecule has 2 N–H and O–H groups in total. The van der Waals surface area contributed by atoms with E-state index in [1.165, 1.54) is 12.1 Å². The second-order valence-electron chi connectivity index (χ2n) is 5.20. The maximum atomic E-state index is 12.0. The normalized spacial score (nSPS) is 10.3. The van der Waals surface area contributed by atoms with Crippen LogP contribution in [0.4, 0.5) is 5.69 Å². The molecule has 0 bridgehead atoms. The summed E-state index contributed by atoms with van der Waals surface area (Å²) in [7, 11) is 0. The lowest BCUT2D eigenvalue weighted by atomic mass is 10.1. The third-order valence-corrected chi connectivity index (χ3v) is 3.52. The van der Waals surface area contributed by atoms with E-state index in [1.54, 1.807) is 12.1 Å². The van der Waals surface area contributed by atoms with Gasteiger partial charge in [0.1, 0.15) is 5.75 Å². The zero-order valence-electron chi connectivity index (χ0n) is 12.7. The molecule has 5 heteroatoms. The first kappa shape index (κ1) is 15.6. The summed E-state index contributed by atoms with van der Waals surface area (Å²) in [6.07, 6.45) is 0. The van der Waals surface area contributed by atoms with Crippen LogP contribution in [0, 0.1) is 0 Å². The van der Waals surface area contributed by atoms with Crippen LogP contribution in [0.1, 0.15) is 10.4 Å². The monoisotopic (exact) mass is 321 g/mol. The summed E-state index contributed by atoms with van der Waals surface area (Å²) in [4.78, 5) is 22.8. The van der Waals surface area contributed by atoms with Gasteiger partial charge in [-0.25, -0.2) is 4.79 Å². The molecule has 0 aromatic heterocycles. The fourth-order valence-corrected chi connectivity index (χ4v) is 2.36. The highest BCUT2D eigenvalue weighted by Crippen LogP contribution is 2.25. The van der Waals surface area contributed by atoms with Gasteiger partial charge in [-0.1, -0.05) is 36.4 Å². The molecular weight excluding hydrogens is 306 g/mol. The predicted octanol–water partition coefficient (Wildman–Crippen LogP) is 3.56. The summed E-state index contributed by atoms with van der Waals surface area (Å²) in [6, 6.07) is 19.4. The lowest BCUT2D eigenvalue weighted by Crippen LogP contribution is -2.20. The summed E-state index contributed by atoms with van der Waals surface area (Å²) in [5.41, 5.74) is 0.687. The maximum absolute atomic E-state index is 12.0. The maximum Gasteiger partial charge on any atom is 0.335 e. The summed E-state index contributed by atoms with van der Waals surface area (Å²) in [5, 5.41) is 13.5. The molecule has 3 rings (SSSR count). The van der Waals surface area contributed by atoms with E-state index < -0.39 is 5.97 Å². The van der Waals surface area contributed by atoms with Crippen LogP contribution in [0.5, 0.6) is 5.75 Å². The van der Waals surface area contributed by atoms with Crippen molar-refractivity contribution in [1.29, 1.82) is 0 Å². The number of benzene rings is 3. The molecule has 0 aliphatic heterocycles. The Kier molecular flexibility index (Phi) is 4.43. The largest absolute Gasteiger partial charge is 0.483 e. The molecular formula is C19H15NO4. The van der Waals surface area contributed by atoms with Crippen LogP contribution in [0.2, 0.25) is 0 Å². The second-order valence-corrected chi connectivity index (χ2v) is 5.20. The minimum atomic E-state index is -1.01. The van der Waals surface area contributed by atoms with Crippen molar-refractivity contribution in [2.45, 2.75) is 0 Å². The molecule has 0 aliphatic rings. The van der Waals surface area contributed by atoms with Gasteiger partial charge in [0.15, 0.2) is 6.61 Å². The van der Waals surface area contributed by atoms with Gasteiger partial charge in [0.2, 0.25) is 0 Å². The average molecular weight is 321 g/mol. The molecule has 120 valence electrons. The van der Waals surface area contributed by atoms with Crippen LogP contribution in [-0.2, 0) is 4.79 Å². The molecule has 0 fully saturated rings. The summed E-state index contributed by atoms with van der Waals surface area (Å²) in [5.74, 6) is -0.678. The zero-order chi connectivity index (χ0) is 16.9. The molecule has 3 aromatic rings. The van der Waals surface area contributed by atoms with Crippen LogP contribution < -0.4 is 10.1 Å². The summed E-state index contributed by atoms with van der Waals surface area (Å²) >= 11 is 0. The van der Waals surface area contributed by atoms with Crippen molar-refractivity contribution in [3.8, 4) is 5.75 Å². The predicted molar refractivity (Wildman–Crippen MR) is 91.5 cm³/mol. The van der Waals surface area contributed by atoms with Crippen molar-refractivity contribution in [2.24, 2.45) is 0 Å². The summed E-state index contributed by atoms with van der Waals surface area (Å²) in [6.45, 7) is -0.130. The third kappa shape index (κ3) is 3.52. The van der Waals surface area contributed by atoms with Crippen molar-refractivity contribution in [3.05, 3.63) is 72.3 Å². The van der Waals surface area contributed by atoms with Gasteiger partial charge in [-0.3, -0.25) is 4.79 Å². The van der Waals surface area contributed by atoms with Gasteiger partial charge < -0.3 is 15.2 Å². The number of anilines is 1. The van der Waals surface area contributed by atoms with Crippen LogP contribution >= 0.6 is 0 Å². The molecule has 0 saturated heterocycles. The number of carboxylic acid groups (broad SMARTS) is 1. The molecule has 0 aliphatic carbocycles. The fourth-order valence-electron chi connectivity index (χ4n) is 2.36. The van der Waals surface area contributed by atoms with Gasteiger partial charge in [0.05, 0.1) is 5.56 Å². The van der Waals surface area contributed by atoms with Gasteiger partial charge in [-0.15, -0.1) is 0 Å². The SMILES string of the molecule is O=C(COc1cccc2ccccc12)Nc1ccc(C(=O)O)cc1. The highest BCUT2D eigenvalue weighted by Gasteiger charge is 2.07. The van der Waals surface area contributed by atoms with E-state index in [0.717, 1.165) is 10.8 Å². The van der Waals surface area contributed by atoms with E-state index in [1.807, 2.05) is 42.5 Å². The molecule has 0 atom stereocenters. The van der Waals surface area contributed by atoms with E-state index in [2.05, 4.69) is 5.32 Å². The smallest absolute Gasteiger partial charge is 0.335 e. The van der Waals surface area contributed by atoms with Crippen molar-refractivity contribution in [2.75, 3.05) is 11.9 Å². The Bertz CT molecular complexity index is 882. The molecule has 5 nitrogen and oxygen atoms in total. The lowest BCUT2D eigenvalue weighted by molar-refractivity contribution is -0.118. The first-order chi connectivity index (χ1) is 11.6. The number of ether oxygens (including phenoxy) is 1. The van der Waals surface area contributed by atoms with E-state index >= 15 is 0 Å². The Morgan fingerprint density at radius 2 is 1.62 bits per heavy atom. The molecule has 0 unspecified atom stereocenters. The molecule has 0 spiro atoms.